The number of hydrogen-bond acceptors (Lipinski definition) is 3. The molecule has 17 heavy (non-hydrogen) atoms. The molecule has 0 saturated heterocycles. The predicted octanol–water partition coefficient (Wildman–Crippen LogP) is 3.23. The summed E-state index contributed by atoms with van der Waals surface area (Å²) in [5.74, 6) is 0.0626. The number of ether oxygens (including phenoxy) is 1. The van der Waals surface area contributed by atoms with Gasteiger partial charge in [0.2, 0.25) is 0 Å². The lowest BCUT2D eigenvalue weighted by Gasteiger charge is -2.22. The van der Waals surface area contributed by atoms with E-state index in [0.717, 1.165) is 12.8 Å². The highest BCUT2D eigenvalue weighted by Gasteiger charge is 2.29. The number of rotatable bonds is 5. The Morgan fingerprint density at radius 1 is 1.18 bits per heavy atom. The smallest absolute Gasteiger partial charge is 0.321 e. The Kier molecular flexibility index (Phi) is 6.70. The number of carbonyl (C=O) groups is 2. The Morgan fingerprint density at radius 3 is 2.29 bits per heavy atom. The average molecular weight is 370 g/mol. The maximum Gasteiger partial charge on any atom is 0.321 e. The largest absolute Gasteiger partial charge is 0.465 e. The minimum absolute atomic E-state index is 0.0820. The first-order valence-corrected chi connectivity index (χ1v) is 7.80. The van der Waals surface area contributed by atoms with Crippen molar-refractivity contribution < 1.29 is 14.3 Å². The molecule has 2 unspecified atom stereocenters. The summed E-state index contributed by atoms with van der Waals surface area (Å²) in [7, 11) is 0. The van der Waals surface area contributed by atoms with E-state index in [2.05, 4.69) is 31.9 Å². The molecule has 0 aliphatic heterocycles. The van der Waals surface area contributed by atoms with E-state index in [9.17, 15) is 9.59 Å². The maximum atomic E-state index is 11.7. The van der Waals surface area contributed by atoms with E-state index in [1.54, 1.807) is 0 Å². The SMILES string of the molecule is CC(=O)C(Br)C(Br)C(=O)OCC1CCCCC1. The first kappa shape index (κ1) is 15.2. The lowest BCUT2D eigenvalue weighted by atomic mass is 9.90. The number of carbonyl (C=O) groups excluding carboxylic acids is 2. The zero-order chi connectivity index (χ0) is 12.8. The number of hydrogen-bond donors (Lipinski definition) is 0. The number of esters is 1. The second-order valence-electron chi connectivity index (χ2n) is 4.55. The molecule has 0 bridgehead atoms. The van der Waals surface area contributed by atoms with Crippen molar-refractivity contribution in [2.75, 3.05) is 6.61 Å². The second kappa shape index (κ2) is 7.52. The molecule has 1 aliphatic carbocycles. The van der Waals surface area contributed by atoms with E-state index in [-0.39, 0.29) is 11.8 Å². The predicted molar refractivity (Wildman–Crippen MR) is 73.6 cm³/mol. The van der Waals surface area contributed by atoms with E-state index >= 15 is 0 Å². The van der Waals surface area contributed by atoms with Crippen molar-refractivity contribution in [1.82, 2.24) is 0 Å². The van der Waals surface area contributed by atoms with Crippen LogP contribution in [0.25, 0.3) is 0 Å². The fourth-order valence-electron chi connectivity index (χ4n) is 1.96. The van der Waals surface area contributed by atoms with Crippen LogP contribution >= 0.6 is 31.9 Å². The second-order valence-corrected chi connectivity index (χ2v) is 6.52. The zero-order valence-corrected chi connectivity index (χ0v) is 13.1. The van der Waals surface area contributed by atoms with Crippen LogP contribution in [0, 0.1) is 5.92 Å². The van der Waals surface area contributed by atoms with Crippen LogP contribution in [0.1, 0.15) is 39.0 Å². The third kappa shape index (κ3) is 5.08. The Labute approximate surface area is 119 Å². The van der Waals surface area contributed by atoms with Crippen molar-refractivity contribution in [3.05, 3.63) is 0 Å². The van der Waals surface area contributed by atoms with Crippen LogP contribution in [0.4, 0.5) is 0 Å². The summed E-state index contributed by atoms with van der Waals surface area (Å²) in [5.41, 5.74) is 0. The van der Waals surface area contributed by atoms with Crippen molar-refractivity contribution >= 4 is 43.6 Å². The van der Waals surface area contributed by atoms with Gasteiger partial charge in [0.1, 0.15) is 10.6 Å². The lowest BCUT2D eigenvalue weighted by molar-refractivity contribution is -0.145. The number of ketones is 1. The van der Waals surface area contributed by atoms with Gasteiger partial charge in [-0.25, -0.2) is 0 Å². The fourth-order valence-corrected chi connectivity index (χ4v) is 2.68. The van der Waals surface area contributed by atoms with Crippen LogP contribution < -0.4 is 0 Å². The van der Waals surface area contributed by atoms with Crippen LogP contribution in [0.3, 0.4) is 0 Å². The molecule has 3 nitrogen and oxygen atoms in total. The Balaban J connectivity index is 2.30. The van der Waals surface area contributed by atoms with E-state index in [1.165, 1.54) is 26.2 Å². The van der Waals surface area contributed by atoms with Crippen molar-refractivity contribution in [3.8, 4) is 0 Å². The van der Waals surface area contributed by atoms with E-state index < -0.39 is 9.65 Å². The minimum atomic E-state index is -0.594. The fraction of sp³-hybridized carbons (Fsp3) is 0.833. The molecule has 0 aromatic carbocycles. The van der Waals surface area contributed by atoms with Gasteiger partial charge in [-0.1, -0.05) is 51.1 Å². The standard InChI is InChI=1S/C12H18Br2O3/c1-8(15)10(13)11(14)12(16)17-7-9-5-3-2-4-6-9/h9-11H,2-7H2,1H3. The molecule has 0 aromatic heterocycles. The molecule has 5 heteroatoms. The Hall–Kier alpha value is 0.1000. The van der Waals surface area contributed by atoms with Gasteiger partial charge in [-0.3, -0.25) is 9.59 Å². The van der Waals surface area contributed by atoms with Crippen LogP contribution in [0.2, 0.25) is 0 Å². The van der Waals surface area contributed by atoms with Gasteiger partial charge in [0, 0.05) is 0 Å². The highest BCUT2D eigenvalue weighted by molar-refractivity contribution is 9.12. The normalized spacial score (nSPS) is 20.6. The van der Waals surface area contributed by atoms with Crippen LogP contribution in [0.15, 0.2) is 0 Å². The van der Waals surface area contributed by atoms with Gasteiger partial charge in [-0.2, -0.15) is 0 Å². The zero-order valence-electron chi connectivity index (χ0n) is 9.96. The van der Waals surface area contributed by atoms with Gasteiger partial charge in [0.25, 0.3) is 0 Å². The molecule has 0 N–H and O–H groups in total. The van der Waals surface area contributed by atoms with E-state index in [1.807, 2.05) is 0 Å². The van der Waals surface area contributed by atoms with Crippen molar-refractivity contribution in [3.63, 3.8) is 0 Å². The Bertz CT molecular complexity index is 275. The molecule has 98 valence electrons. The van der Waals surface area contributed by atoms with Gasteiger partial charge in [0.05, 0.1) is 11.4 Å². The quantitative estimate of drug-likeness (QED) is 0.552. The summed E-state index contributed by atoms with van der Waals surface area (Å²) in [6, 6.07) is 0. The molecule has 1 rings (SSSR count). The molecule has 0 aromatic rings. The molecule has 0 spiro atoms. The number of alkyl halides is 2. The Morgan fingerprint density at radius 2 is 1.76 bits per heavy atom. The van der Waals surface area contributed by atoms with Crippen molar-refractivity contribution in [2.24, 2.45) is 5.92 Å². The van der Waals surface area contributed by atoms with Gasteiger partial charge in [-0.15, -0.1) is 0 Å². The van der Waals surface area contributed by atoms with E-state index in [0.29, 0.717) is 12.5 Å². The van der Waals surface area contributed by atoms with Crippen LogP contribution in [-0.4, -0.2) is 28.0 Å². The summed E-state index contributed by atoms with van der Waals surface area (Å²) in [6.07, 6.45) is 6.04. The summed E-state index contributed by atoms with van der Waals surface area (Å²) in [6.45, 7) is 1.93. The third-order valence-electron chi connectivity index (χ3n) is 3.06. The highest BCUT2D eigenvalue weighted by Crippen LogP contribution is 2.24. The monoisotopic (exact) mass is 368 g/mol. The summed E-state index contributed by atoms with van der Waals surface area (Å²) < 4.78 is 5.25. The molecule has 0 heterocycles. The van der Waals surface area contributed by atoms with Crippen LogP contribution in [-0.2, 0) is 14.3 Å². The van der Waals surface area contributed by atoms with Crippen molar-refractivity contribution in [1.29, 1.82) is 0 Å². The first-order chi connectivity index (χ1) is 8.02. The summed E-state index contributed by atoms with van der Waals surface area (Å²) in [4.78, 5) is 21.7. The third-order valence-corrected chi connectivity index (χ3v) is 5.84. The van der Waals surface area contributed by atoms with Crippen molar-refractivity contribution in [2.45, 2.75) is 48.7 Å². The molecule has 1 aliphatic rings. The molecule has 2 atom stereocenters. The number of halogens is 2. The molecule has 0 radical (unpaired) electrons. The molecule has 1 fully saturated rings. The van der Waals surface area contributed by atoms with Gasteiger partial charge >= 0.3 is 5.97 Å². The summed E-state index contributed by atoms with van der Waals surface area (Å²) in [5, 5.41) is 0. The lowest BCUT2D eigenvalue weighted by Crippen LogP contribution is -2.32. The van der Waals surface area contributed by atoms with Crippen LogP contribution in [0.5, 0.6) is 0 Å². The molecular weight excluding hydrogens is 352 g/mol. The maximum absolute atomic E-state index is 11.7. The first-order valence-electron chi connectivity index (χ1n) is 5.97. The molecular formula is C12H18Br2O3. The number of Topliss-reactive ketones (excluding diaryl/α,β-unsaturated/α-hetero) is 1. The topological polar surface area (TPSA) is 43.4 Å². The van der Waals surface area contributed by atoms with E-state index in [4.69, 9.17) is 4.74 Å². The molecule has 0 amide bonds. The van der Waals surface area contributed by atoms with Gasteiger partial charge < -0.3 is 4.74 Å². The molecule has 1 saturated carbocycles. The van der Waals surface area contributed by atoms with Gasteiger partial charge in [0.15, 0.2) is 0 Å². The highest BCUT2D eigenvalue weighted by atomic mass is 79.9. The van der Waals surface area contributed by atoms with Gasteiger partial charge in [-0.05, 0) is 25.7 Å². The minimum Gasteiger partial charge on any atom is -0.465 e. The average Bonchev–Trinajstić information content (AvgIpc) is 2.35. The summed E-state index contributed by atoms with van der Waals surface area (Å²) >= 11 is 6.37.